The van der Waals surface area contributed by atoms with Gasteiger partial charge in [0.05, 0.1) is 19.9 Å². The molecular weight excluding hydrogens is 283 g/mol. The molecule has 0 aliphatic carbocycles. The molecule has 0 saturated carbocycles. The van der Waals surface area contributed by atoms with Gasteiger partial charge in [0.1, 0.15) is 5.75 Å². The Bertz CT molecular complexity index is 514. The van der Waals surface area contributed by atoms with Crippen molar-refractivity contribution in [2.75, 3.05) is 13.7 Å². The van der Waals surface area contributed by atoms with E-state index < -0.39 is 13.9 Å². The first-order chi connectivity index (χ1) is 9.31. The van der Waals surface area contributed by atoms with Crippen molar-refractivity contribution < 1.29 is 23.6 Å². The summed E-state index contributed by atoms with van der Waals surface area (Å²) >= 11 is 0. The van der Waals surface area contributed by atoms with Gasteiger partial charge in [-0.1, -0.05) is 6.08 Å². The van der Waals surface area contributed by atoms with Crippen LogP contribution in [0.15, 0.2) is 24.5 Å². The van der Waals surface area contributed by atoms with Crippen molar-refractivity contribution in [3.63, 3.8) is 0 Å². The lowest BCUT2D eigenvalue weighted by atomic mass is 10.1. The number of allylic oxidation sites excluding steroid dienone is 1. The van der Waals surface area contributed by atoms with Gasteiger partial charge in [-0.2, -0.15) is 0 Å². The quantitative estimate of drug-likeness (QED) is 0.650. The van der Waals surface area contributed by atoms with Crippen LogP contribution < -0.4 is 10.5 Å². The van der Waals surface area contributed by atoms with Gasteiger partial charge in [-0.25, -0.2) is 4.57 Å². The van der Waals surface area contributed by atoms with Gasteiger partial charge in [0.25, 0.3) is 0 Å². The third-order valence-electron chi connectivity index (χ3n) is 2.59. The average molecular weight is 302 g/mol. The molecule has 0 aromatic carbocycles. The standard InChI is InChI=1S/C12H19N2O5P/c1-9(10-5-12(18-2)7-14-6-10)3-4-11(13)8-19-20(15,16)17/h3,5-7,11H,4,8,13H2,1-2H3,(H2,15,16,17). The molecule has 1 aromatic heterocycles. The summed E-state index contributed by atoms with van der Waals surface area (Å²) in [6, 6.07) is 1.35. The van der Waals surface area contributed by atoms with Gasteiger partial charge in [0, 0.05) is 12.2 Å². The van der Waals surface area contributed by atoms with E-state index in [1.807, 2.05) is 19.1 Å². The Balaban J connectivity index is 2.58. The van der Waals surface area contributed by atoms with Gasteiger partial charge in [0.15, 0.2) is 0 Å². The highest BCUT2D eigenvalue weighted by Gasteiger charge is 2.15. The molecule has 1 aromatic rings. The Morgan fingerprint density at radius 3 is 2.85 bits per heavy atom. The number of phosphoric acid groups is 1. The minimum Gasteiger partial charge on any atom is -0.495 e. The molecule has 0 amide bonds. The zero-order chi connectivity index (χ0) is 15.2. The smallest absolute Gasteiger partial charge is 0.469 e. The molecular formula is C12H19N2O5P. The lowest BCUT2D eigenvalue weighted by molar-refractivity contribution is 0.186. The summed E-state index contributed by atoms with van der Waals surface area (Å²) in [5.41, 5.74) is 7.55. The lowest BCUT2D eigenvalue weighted by Crippen LogP contribution is -2.24. The summed E-state index contributed by atoms with van der Waals surface area (Å²) in [5.74, 6) is 0.657. The molecule has 0 radical (unpaired) electrons. The number of pyridine rings is 1. The zero-order valence-corrected chi connectivity index (χ0v) is 12.3. The van der Waals surface area contributed by atoms with E-state index in [0.717, 1.165) is 11.1 Å². The van der Waals surface area contributed by atoms with Crippen LogP contribution in [-0.4, -0.2) is 34.5 Å². The van der Waals surface area contributed by atoms with Crippen LogP contribution in [0.4, 0.5) is 0 Å². The molecule has 1 atom stereocenters. The first-order valence-electron chi connectivity index (χ1n) is 5.93. The molecule has 0 bridgehead atoms. The van der Waals surface area contributed by atoms with E-state index in [2.05, 4.69) is 9.51 Å². The van der Waals surface area contributed by atoms with E-state index in [0.29, 0.717) is 12.2 Å². The van der Waals surface area contributed by atoms with Gasteiger partial charge < -0.3 is 20.3 Å². The zero-order valence-electron chi connectivity index (χ0n) is 11.4. The highest BCUT2D eigenvalue weighted by molar-refractivity contribution is 7.46. The SMILES string of the molecule is COc1cncc(C(C)=CCC(N)COP(=O)(O)O)c1. The molecule has 0 aliphatic heterocycles. The molecule has 0 aliphatic rings. The maximum Gasteiger partial charge on any atom is 0.469 e. The number of phosphoric ester groups is 1. The van der Waals surface area contributed by atoms with E-state index in [4.69, 9.17) is 20.3 Å². The van der Waals surface area contributed by atoms with Crippen molar-refractivity contribution in [3.8, 4) is 5.75 Å². The first kappa shape index (κ1) is 16.8. The number of nitrogens with zero attached hydrogens (tertiary/aromatic N) is 1. The van der Waals surface area contributed by atoms with Crippen LogP contribution in [0.25, 0.3) is 5.57 Å². The molecule has 0 saturated heterocycles. The Kier molecular flexibility index (Phi) is 6.32. The van der Waals surface area contributed by atoms with E-state index in [9.17, 15) is 4.57 Å². The number of hydrogen-bond acceptors (Lipinski definition) is 5. The van der Waals surface area contributed by atoms with Gasteiger partial charge in [-0.3, -0.25) is 9.51 Å². The van der Waals surface area contributed by atoms with Crippen molar-refractivity contribution in [2.24, 2.45) is 5.73 Å². The van der Waals surface area contributed by atoms with Crippen molar-refractivity contribution in [1.29, 1.82) is 0 Å². The maximum absolute atomic E-state index is 10.5. The predicted molar refractivity (Wildman–Crippen MR) is 75.0 cm³/mol. The predicted octanol–water partition coefficient (Wildman–Crippen LogP) is 1.32. The second-order valence-electron chi connectivity index (χ2n) is 4.28. The van der Waals surface area contributed by atoms with Gasteiger partial charge >= 0.3 is 7.82 Å². The van der Waals surface area contributed by atoms with E-state index >= 15 is 0 Å². The Morgan fingerprint density at radius 2 is 2.25 bits per heavy atom. The number of nitrogens with two attached hydrogens (primary N) is 1. The van der Waals surface area contributed by atoms with E-state index in [1.54, 1.807) is 19.5 Å². The number of rotatable bonds is 7. The van der Waals surface area contributed by atoms with Crippen molar-refractivity contribution >= 4 is 13.4 Å². The maximum atomic E-state index is 10.5. The molecule has 8 heteroatoms. The molecule has 0 spiro atoms. The fourth-order valence-electron chi connectivity index (χ4n) is 1.45. The van der Waals surface area contributed by atoms with Gasteiger partial charge in [-0.05, 0) is 30.5 Å². The minimum absolute atomic E-state index is 0.204. The van der Waals surface area contributed by atoms with Crippen LogP contribution in [0.2, 0.25) is 0 Å². The molecule has 1 unspecified atom stereocenters. The van der Waals surface area contributed by atoms with E-state index in [-0.39, 0.29) is 6.61 Å². The van der Waals surface area contributed by atoms with Crippen LogP contribution in [0.1, 0.15) is 18.9 Å². The molecule has 112 valence electrons. The summed E-state index contributed by atoms with van der Waals surface area (Å²) in [5, 5.41) is 0. The third-order valence-corrected chi connectivity index (χ3v) is 3.07. The van der Waals surface area contributed by atoms with E-state index in [1.165, 1.54) is 0 Å². The lowest BCUT2D eigenvalue weighted by Gasteiger charge is -2.11. The largest absolute Gasteiger partial charge is 0.495 e. The Labute approximate surface area is 117 Å². The van der Waals surface area contributed by atoms with Gasteiger partial charge in [0.2, 0.25) is 0 Å². The molecule has 4 N–H and O–H groups in total. The summed E-state index contributed by atoms with van der Waals surface area (Å²) in [6.45, 7) is 1.69. The molecule has 20 heavy (non-hydrogen) atoms. The number of hydrogen-bond donors (Lipinski definition) is 3. The fraction of sp³-hybridized carbons (Fsp3) is 0.417. The van der Waals surface area contributed by atoms with Crippen LogP contribution >= 0.6 is 7.82 Å². The molecule has 1 rings (SSSR count). The van der Waals surface area contributed by atoms with Crippen LogP contribution in [0.3, 0.4) is 0 Å². The van der Waals surface area contributed by atoms with Gasteiger partial charge in [-0.15, -0.1) is 0 Å². The third kappa shape index (κ3) is 6.27. The first-order valence-corrected chi connectivity index (χ1v) is 7.46. The van der Waals surface area contributed by atoms with Crippen molar-refractivity contribution in [2.45, 2.75) is 19.4 Å². The molecule has 7 nitrogen and oxygen atoms in total. The number of aromatic nitrogens is 1. The number of methoxy groups -OCH3 is 1. The minimum atomic E-state index is -4.46. The van der Waals surface area contributed by atoms with Crippen LogP contribution in [0.5, 0.6) is 5.75 Å². The molecule has 1 heterocycles. The summed E-state index contributed by atoms with van der Waals surface area (Å²) in [4.78, 5) is 21.2. The topological polar surface area (TPSA) is 115 Å². The summed E-state index contributed by atoms with van der Waals surface area (Å²) in [7, 11) is -2.90. The Morgan fingerprint density at radius 1 is 1.55 bits per heavy atom. The average Bonchev–Trinajstić information content (AvgIpc) is 2.41. The van der Waals surface area contributed by atoms with Crippen LogP contribution in [0, 0.1) is 0 Å². The monoisotopic (exact) mass is 302 g/mol. The fourth-order valence-corrected chi connectivity index (χ4v) is 1.84. The number of ether oxygens (including phenoxy) is 1. The summed E-state index contributed by atoms with van der Waals surface area (Å²) in [6.07, 6.45) is 5.61. The second-order valence-corrected chi connectivity index (χ2v) is 5.52. The Hall–Kier alpha value is -1.24. The van der Waals surface area contributed by atoms with Crippen LogP contribution in [-0.2, 0) is 9.09 Å². The highest BCUT2D eigenvalue weighted by Crippen LogP contribution is 2.35. The summed E-state index contributed by atoms with van der Waals surface area (Å²) < 4.78 is 20.0. The molecule has 0 fully saturated rings. The van der Waals surface area contributed by atoms with Crippen molar-refractivity contribution in [1.82, 2.24) is 4.98 Å². The normalized spacial score (nSPS) is 14.2. The highest BCUT2D eigenvalue weighted by atomic mass is 31.2. The van der Waals surface area contributed by atoms with Crippen molar-refractivity contribution in [3.05, 3.63) is 30.1 Å². The second kappa shape index (κ2) is 7.52.